The average molecular weight is 282 g/mol. The van der Waals surface area contributed by atoms with Crippen molar-refractivity contribution in [3.63, 3.8) is 0 Å². The van der Waals surface area contributed by atoms with E-state index in [1.54, 1.807) is 6.08 Å². The molecule has 2 nitrogen and oxygen atoms in total. The SMILES string of the molecule is CC1CCC(O[Si](C(C)C)(C(C)C)C(C)C)=CC1=O. The molecule has 19 heavy (non-hydrogen) atoms. The predicted molar refractivity (Wildman–Crippen MR) is 83.6 cm³/mol. The molecular formula is C16H30O2Si. The average Bonchev–Trinajstić information content (AvgIpc) is 2.29. The standard InChI is InChI=1S/C16H30O2Si/c1-11(2)19(12(3)4,13(5)6)18-15-9-8-14(7)16(17)10-15/h10-14H,8-9H2,1-7H3. The van der Waals surface area contributed by atoms with Gasteiger partial charge in [-0.1, -0.05) is 48.5 Å². The number of hydrogen-bond acceptors (Lipinski definition) is 2. The van der Waals surface area contributed by atoms with Crippen LogP contribution in [-0.4, -0.2) is 14.1 Å². The first-order valence-electron chi connectivity index (χ1n) is 7.65. The van der Waals surface area contributed by atoms with Gasteiger partial charge in [0.2, 0.25) is 0 Å². The monoisotopic (exact) mass is 282 g/mol. The number of carbonyl (C=O) groups is 1. The second-order valence-electron chi connectivity index (χ2n) is 6.87. The van der Waals surface area contributed by atoms with Crippen molar-refractivity contribution in [3.8, 4) is 0 Å². The van der Waals surface area contributed by atoms with Gasteiger partial charge in [-0.2, -0.15) is 0 Å². The highest BCUT2D eigenvalue weighted by molar-refractivity contribution is 6.77. The number of ketones is 1. The number of carbonyl (C=O) groups excluding carboxylic acids is 1. The Hall–Kier alpha value is -0.573. The molecule has 0 saturated heterocycles. The Morgan fingerprint density at radius 1 is 1.11 bits per heavy atom. The summed E-state index contributed by atoms with van der Waals surface area (Å²) in [6, 6.07) is 0. The molecular weight excluding hydrogens is 252 g/mol. The van der Waals surface area contributed by atoms with E-state index < -0.39 is 8.32 Å². The molecule has 3 heteroatoms. The van der Waals surface area contributed by atoms with Gasteiger partial charge in [0.25, 0.3) is 8.32 Å². The molecule has 0 fully saturated rings. The Kier molecular flexibility index (Phi) is 5.42. The third-order valence-corrected chi connectivity index (χ3v) is 10.7. The van der Waals surface area contributed by atoms with Crippen LogP contribution in [0.15, 0.2) is 11.8 Å². The minimum Gasteiger partial charge on any atom is -0.546 e. The highest BCUT2D eigenvalue weighted by Crippen LogP contribution is 2.44. The van der Waals surface area contributed by atoms with E-state index in [0.717, 1.165) is 18.6 Å². The van der Waals surface area contributed by atoms with Crippen LogP contribution in [0.25, 0.3) is 0 Å². The van der Waals surface area contributed by atoms with Gasteiger partial charge in [-0.05, 0) is 23.0 Å². The number of hydrogen-bond donors (Lipinski definition) is 0. The van der Waals surface area contributed by atoms with Crippen molar-refractivity contribution in [3.05, 3.63) is 11.8 Å². The molecule has 110 valence electrons. The van der Waals surface area contributed by atoms with Gasteiger partial charge in [0.1, 0.15) is 0 Å². The summed E-state index contributed by atoms with van der Waals surface area (Å²) in [7, 11) is -1.89. The summed E-state index contributed by atoms with van der Waals surface area (Å²) in [6.07, 6.45) is 3.63. The van der Waals surface area contributed by atoms with E-state index in [1.807, 2.05) is 6.92 Å². The van der Waals surface area contributed by atoms with Crippen LogP contribution in [0, 0.1) is 5.92 Å². The van der Waals surface area contributed by atoms with Gasteiger partial charge in [0.15, 0.2) is 5.78 Å². The lowest BCUT2D eigenvalue weighted by atomic mass is 9.94. The van der Waals surface area contributed by atoms with E-state index in [4.69, 9.17) is 4.43 Å². The van der Waals surface area contributed by atoms with Crippen molar-refractivity contribution in [1.29, 1.82) is 0 Å². The molecule has 0 bridgehead atoms. The molecule has 0 amide bonds. The molecule has 1 aliphatic rings. The molecule has 0 aromatic rings. The highest BCUT2D eigenvalue weighted by Gasteiger charge is 2.47. The molecule has 0 radical (unpaired) electrons. The normalized spacial score (nSPS) is 21.3. The second kappa shape index (κ2) is 6.25. The van der Waals surface area contributed by atoms with E-state index in [1.165, 1.54) is 0 Å². The van der Waals surface area contributed by atoms with Gasteiger partial charge in [0, 0.05) is 18.4 Å². The van der Waals surface area contributed by atoms with Crippen molar-refractivity contribution >= 4 is 14.1 Å². The van der Waals surface area contributed by atoms with Crippen molar-refractivity contribution < 1.29 is 9.22 Å². The van der Waals surface area contributed by atoms with E-state index in [9.17, 15) is 4.79 Å². The van der Waals surface area contributed by atoms with Crippen LogP contribution in [0.1, 0.15) is 61.3 Å². The summed E-state index contributed by atoms with van der Waals surface area (Å²) in [5.74, 6) is 1.35. The van der Waals surface area contributed by atoms with E-state index in [-0.39, 0.29) is 11.7 Å². The zero-order valence-corrected chi connectivity index (χ0v) is 14.6. The zero-order chi connectivity index (χ0) is 14.8. The van der Waals surface area contributed by atoms with Crippen LogP contribution in [0.5, 0.6) is 0 Å². The van der Waals surface area contributed by atoms with Gasteiger partial charge in [-0.3, -0.25) is 4.79 Å². The summed E-state index contributed by atoms with van der Waals surface area (Å²) in [5, 5.41) is 0. The van der Waals surface area contributed by atoms with Gasteiger partial charge < -0.3 is 4.43 Å². The van der Waals surface area contributed by atoms with Gasteiger partial charge in [-0.15, -0.1) is 0 Å². The molecule has 1 aliphatic carbocycles. The fourth-order valence-electron chi connectivity index (χ4n) is 3.54. The predicted octanol–water partition coefficient (Wildman–Crippen LogP) is 5.06. The Morgan fingerprint density at radius 3 is 1.95 bits per heavy atom. The third kappa shape index (κ3) is 3.30. The van der Waals surface area contributed by atoms with Crippen molar-refractivity contribution in [1.82, 2.24) is 0 Å². The molecule has 0 aliphatic heterocycles. The summed E-state index contributed by atoms with van der Waals surface area (Å²) >= 11 is 0. The van der Waals surface area contributed by atoms with Gasteiger partial charge in [0.05, 0.1) is 5.76 Å². The van der Waals surface area contributed by atoms with E-state index >= 15 is 0 Å². The fraction of sp³-hybridized carbons (Fsp3) is 0.812. The maximum Gasteiger partial charge on any atom is 0.258 e. The lowest BCUT2D eigenvalue weighted by molar-refractivity contribution is -0.118. The van der Waals surface area contributed by atoms with Crippen LogP contribution < -0.4 is 0 Å². The number of allylic oxidation sites excluding steroid dienone is 2. The molecule has 1 atom stereocenters. The zero-order valence-electron chi connectivity index (χ0n) is 13.6. The van der Waals surface area contributed by atoms with Crippen molar-refractivity contribution in [2.45, 2.75) is 77.9 Å². The fourth-order valence-corrected chi connectivity index (χ4v) is 8.86. The Labute approximate surface area is 119 Å². The third-order valence-electron chi connectivity index (χ3n) is 4.63. The maximum absolute atomic E-state index is 11.9. The van der Waals surface area contributed by atoms with Gasteiger partial charge >= 0.3 is 0 Å². The molecule has 0 spiro atoms. The second-order valence-corrected chi connectivity index (χ2v) is 12.2. The molecule has 0 heterocycles. The van der Waals surface area contributed by atoms with E-state index in [2.05, 4.69) is 41.5 Å². The van der Waals surface area contributed by atoms with Crippen molar-refractivity contribution in [2.24, 2.45) is 5.92 Å². The molecule has 0 saturated carbocycles. The lowest BCUT2D eigenvalue weighted by Gasteiger charge is -2.43. The lowest BCUT2D eigenvalue weighted by Crippen LogP contribution is -2.47. The van der Waals surface area contributed by atoms with Crippen LogP contribution in [0.3, 0.4) is 0 Å². The minimum absolute atomic E-state index is 0.167. The highest BCUT2D eigenvalue weighted by atomic mass is 28.4. The Balaban J connectivity index is 3.02. The molecule has 0 aromatic heterocycles. The van der Waals surface area contributed by atoms with E-state index in [0.29, 0.717) is 16.6 Å². The first kappa shape index (κ1) is 16.5. The molecule has 1 unspecified atom stereocenters. The maximum atomic E-state index is 11.9. The summed E-state index contributed by atoms with van der Waals surface area (Å²) in [4.78, 5) is 11.9. The number of rotatable bonds is 5. The van der Waals surface area contributed by atoms with Crippen molar-refractivity contribution in [2.75, 3.05) is 0 Å². The Morgan fingerprint density at radius 2 is 1.58 bits per heavy atom. The first-order valence-corrected chi connectivity index (χ1v) is 9.79. The van der Waals surface area contributed by atoms with Crippen LogP contribution in [0.2, 0.25) is 16.6 Å². The largest absolute Gasteiger partial charge is 0.546 e. The smallest absolute Gasteiger partial charge is 0.258 e. The van der Waals surface area contributed by atoms with Crippen LogP contribution in [-0.2, 0) is 9.22 Å². The quantitative estimate of drug-likeness (QED) is 0.659. The molecule has 0 aromatic carbocycles. The summed E-state index contributed by atoms with van der Waals surface area (Å²) in [6.45, 7) is 15.7. The topological polar surface area (TPSA) is 26.3 Å². The summed E-state index contributed by atoms with van der Waals surface area (Å²) < 4.78 is 6.56. The van der Waals surface area contributed by atoms with Crippen LogP contribution in [0.4, 0.5) is 0 Å². The molecule has 0 N–H and O–H groups in total. The molecule has 1 rings (SSSR count). The van der Waals surface area contributed by atoms with Crippen LogP contribution >= 0.6 is 0 Å². The summed E-state index contributed by atoms with van der Waals surface area (Å²) in [5.41, 5.74) is 1.67. The Bertz CT molecular complexity index is 334. The first-order chi connectivity index (χ1) is 8.71. The van der Waals surface area contributed by atoms with Gasteiger partial charge in [-0.25, -0.2) is 0 Å². The minimum atomic E-state index is -1.89.